The first-order valence-corrected chi connectivity index (χ1v) is 4.95. The summed E-state index contributed by atoms with van der Waals surface area (Å²) in [6, 6.07) is 0. The summed E-state index contributed by atoms with van der Waals surface area (Å²) >= 11 is 0. The van der Waals surface area contributed by atoms with E-state index in [4.69, 9.17) is 0 Å². The summed E-state index contributed by atoms with van der Waals surface area (Å²) in [6.45, 7) is 0. The van der Waals surface area contributed by atoms with E-state index in [-0.39, 0.29) is 0 Å². The van der Waals surface area contributed by atoms with E-state index in [1.165, 1.54) is 0 Å². The van der Waals surface area contributed by atoms with Crippen molar-refractivity contribution in [3.63, 3.8) is 0 Å². The van der Waals surface area contributed by atoms with Crippen LogP contribution in [0.4, 0.5) is 0 Å². The highest BCUT2D eigenvalue weighted by atomic mass is 17.3. The van der Waals surface area contributed by atoms with Gasteiger partial charge < -0.3 is 18.6 Å². The fourth-order valence-corrected chi connectivity index (χ4v) is 0.903. The van der Waals surface area contributed by atoms with Gasteiger partial charge in [0.15, 0.2) is 0 Å². The maximum atomic E-state index is 11.0. The highest BCUT2D eigenvalue weighted by Gasteiger charge is 2.48. The highest BCUT2D eigenvalue weighted by Crippen LogP contribution is 2.06. The van der Waals surface area contributed by atoms with E-state index in [9.17, 15) is 28.8 Å². The normalized spacial score (nSPS) is 16.7. The number of rotatable bonds is 4. The highest BCUT2D eigenvalue weighted by molar-refractivity contribution is 6.56. The molecule has 16 heteroatoms. The SMILES string of the molecule is O=C(OOB1OC(=O)C(=O)O1)C(=O)OOB1OC(=O)C(=O)O1. The zero-order valence-corrected chi connectivity index (χ0v) is 9.87. The lowest BCUT2D eigenvalue weighted by Crippen LogP contribution is -2.30. The van der Waals surface area contributed by atoms with E-state index in [0.29, 0.717) is 0 Å². The lowest BCUT2D eigenvalue weighted by Gasteiger charge is -2.03. The van der Waals surface area contributed by atoms with E-state index in [2.05, 4.69) is 38.0 Å². The molecule has 14 nitrogen and oxygen atoms in total. The van der Waals surface area contributed by atoms with Crippen molar-refractivity contribution in [1.29, 1.82) is 0 Å². The van der Waals surface area contributed by atoms with Gasteiger partial charge in [-0.2, -0.15) is 9.61 Å². The minimum absolute atomic E-state index is 1.41. The molecule has 2 rings (SSSR count). The summed E-state index contributed by atoms with van der Waals surface area (Å²) in [5, 5.41) is 0. The molecule has 0 N–H and O–H groups in total. The van der Waals surface area contributed by atoms with Gasteiger partial charge in [-0.15, -0.1) is 0 Å². The third kappa shape index (κ3) is 3.49. The van der Waals surface area contributed by atoms with Crippen molar-refractivity contribution in [2.45, 2.75) is 0 Å². The van der Waals surface area contributed by atoms with Gasteiger partial charge in [0, 0.05) is 0 Å². The van der Waals surface area contributed by atoms with Gasteiger partial charge in [0.25, 0.3) is 0 Å². The molecule has 0 bridgehead atoms. The van der Waals surface area contributed by atoms with Crippen LogP contribution >= 0.6 is 0 Å². The zero-order chi connectivity index (χ0) is 16.3. The molecule has 0 unspecified atom stereocenters. The molecule has 0 saturated carbocycles. The van der Waals surface area contributed by atoms with E-state index < -0.39 is 50.5 Å². The number of hydrogen-bond donors (Lipinski definition) is 0. The average molecular weight is 318 g/mol. The van der Waals surface area contributed by atoms with Crippen molar-refractivity contribution in [1.82, 2.24) is 0 Å². The third-order valence-electron chi connectivity index (χ3n) is 1.72. The lowest BCUT2D eigenvalue weighted by atomic mass is 10.3. The Labute approximate surface area is 118 Å². The van der Waals surface area contributed by atoms with E-state index in [1.54, 1.807) is 0 Å². The maximum absolute atomic E-state index is 11.0. The largest absolute Gasteiger partial charge is 0.831 e. The molecular weight excluding hydrogens is 318 g/mol. The van der Waals surface area contributed by atoms with Gasteiger partial charge >= 0.3 is 50.5 Å². The summed E-state index contributed by atoms with van der Waals surface area (Å²) in [4.78, 5) is 79.7. The Morgan fingerprint density at radius 1 is 0.636 bits per heavy atom. The predicted molar refractivity (Wildman–Crippen MR) is 50.2 cm³/mol. The second kappa shape index (κ2) is 6.10. The lowest BCUT2D eigenvalue weighted by molar-refractivity contribution is -0.255. The van der Waals surface area contributed by atoms with E-state index in [1.807, 2.05) is 0 Å². The Morgan fingerprint density at radius 2 is 0.909 bits per heavy atom. The monoisotopic (exact) mass is 318 g/mol. The first-order chi connectivity index (χ1) is 10.4. The summed E-state index contributed by atoms with van der Waals surface area (Å²) in [5.74, 6) is -9.30. The topological polar surface area (TPSA) is 176 Å². The molecular formula is C6B2O14. The van der Waals surface area contributed by atoms with Crippen LogP contribution in [-0.4, -0.2) is 50.5 Å². The van der Waals surface area contributed by atoms with E-state index >= 15 is 0 Å². The van der Waals surface area contributed by atoms with Gasteiger partial charge in [0.1, 0.15) is 0 Å². The first kappa shape index (κ1) is 15.3. The molecule has 0 aromatic heterocycles. The van der Waals surface area contributed by atoms with Crippen molar-refractivity contribution in [2.75, 3.05) is 0 Å². The van der Waals surface area contributed by atoms with E-state index in [0.717, 1.165) is 0 Å². The van der Waals surface area contributed by atoms with Crippen LogP contribution in [0.15, 0.2) is 0 Å². The molecule has 2 heterocycles. The molecule has 0 atom stereocenters. The second-order valence-corrected chi connectivity index (χ2v) is 3.13. The Bertz CT molecular complexity index is 486. The smallest absolute Gasteiger partial charge is 0.463 e. The molecule has 2 aliphatic rings. The summed E-state index contributed by atoms with van der Waals surface area (Å²) < 4.78 is 16.2. The molecule has 0 aliphatic carbocycles. The van der Waals surface area contributed by atoms with Crippen molar-refractivity contribution in [3.05, 3.63) is 0 Å². The van der Waals surface area contributed by atoms with Crippen LogP contribution in [0.1, 0.15) is 0 Å². The van der Waals surface area contributed by atoms with Gasteiger partial charge in [-0.1, -0.05) is 0 Å². The van der Waals surface area contributed by atoms with Crippen LogP contribution < -0.4 is 0 Å². The van der Waals surface area contributed by atoms with Crippen LogP contribution in [0, 0.1) is 0 Å². The van der Waals surface area contributed by atoms with Gasteiger partial charge in [-0.3, -0.25) is 9.78 Å². The fourth-order valence-electron chi connectivity index (χ4n) is 0.903. The molecule has 2 fully saturated rings. The molecule has 114 valence electrons. The van der Waals surface area contributed by atoms with Crippen LogP contribution in [0.3, 0.4) is 0 Å². The van der Waals surface area contributed by atoms with Gasteiger partial charge in [0.2, 0.25) is 0 Å². The fraction of sp³-hybridized carbons (Fsp3) is 0. The Balaban J connectivity index is 1.68. The Kier molecular flexibility index (Phi) is 4.23. The summed E-state index contributed by atoms with van der Waals surface area (Å²) in [5.41, 5.74) is 0. The number of carbonyl (C=O) groups is 6. The third-order valence-corrected chi connectivity index (χ3v) is 1.72. The second-order valence-electron chi connectivity index (χ2n) is 3.13. The zero-order valence-electron chi connectivity index (χ0n) is 9.87. The van der Waals surface area contributed by atoms with Crippen molar-refractivity contribution >= 4 is 50.5 Å². The minimum atomic E-state index is -1.99. The summed E-state index contributed by atoms with van der Waals surface area (Å²) in [6.07, 6.45) is 0. The van der Waals surface area contributed by atoms with Crippen LogP contribution in [0.5, 0.6) is 0 Å². The average Bonchev–Trinajstić information content (AvgIpc) is 2.96. The van der Waals surface area contributed by atoms with Crippen molar-refractivity contribution in [2.24, 2.45) is 0 Å². The molecule has 0 radical (unpaired) electrons. The Hall–Kier alpha value is -3.13. The van der Waals surface area contributed by atoms with Gasteiger partial charge in [-0.25, -0.2) is 28.8 Å². The van der Waals surface area contributed by atoms with Crippen molar-refractivity contribution < 1.29 is 66.8 Å². The minimum Gasteiger partial charge on any atom is -0.463 e. The number of hydrogen-bond acceptors (Lipinski definition) is 14. The standard InChI is InChI=1S/C6B2O14/c9-1-2(10)16-7(15-1)21-19-5(13)6(14)20-22-8-17-3(11)4(12)18-8. The molecule has 0 aromatic rings. The quantitative estimate of drug-likeness (QED) is 0.212. The van der Waals surface area contributed by atoms with Crippen molar-refractivity contribution in [3.8, 4) is 0 Å². The molecule has 2 saturated heterocycles. The number of carbonyl (C=O) groups excluding carboxylic acids is 6. The molecule has 2 aliphatic heterocycles. The first-order valence-electron chi connectivity index (χ1n) is 4.95. The van der Waals surface area contributed by atoms with Crippen LogP contribution in [0.2, 0.25) is 0 Å². The maximum Gasteiger partial charge on any atom is 0.831 e. The molecule has 0 aromatic carbocycles. The van der Waals surface area contributed by atoms with Gasteiger partial charge in [-0.05, 0) is 0 Å². The summed E-state index contributed by atoms with van der Waals surface area (Å²) in [7, 11) is -3.98. The molecule has 0 spiro atoms. The van der Waals surface area contributed by atoms with Crippen LogP contribution in [0.25, 0.3) is 0 Å². The predicted octanol–water partition coefficient (Wildman–Crippen LogP) is -3.89. The van der Waals surface area contributed by atoms with Gasteiger partial charge in [0.05, 0.1) is 0 Å². The molecule has 22 heavy (non-hydrogen) atoms. The van der Waals surface area contributed by atoms with Crippen LogP contribution in [-0.2, 0) is 66.8 Å². The molecule has 0 amide bonds. The Morgan fingerprint density at radius 3 is 1.18 bits per heavy atom.